The first-order chi connectivity index (χ1) is 8.85. The summed E-state index contributed by atoms with van der Waals surface area (Å²) in [5.74, 6) is -0.155. The average Bonchev–Trinajstić information content (AvgIpc) is 2.74. The van der Waals surface area contributed by atoms with Gasteiger partial charge in [0.1, 0.15) is 5.75 Å². The zero-order valence-electron chi connectivity index (χ0n) is 9.41. The lowest BCUT2D eigenvalue weighted by Crippen LogP contribution is -2.09. The van der Waals surface area contributed by atoms with Crippen molar-refractivity contribution in [1.82, 2.24) is 10.1 Å². The van der Waals surface area contributed by atoms with Crippen molar-refractivity contribution in [2.75, 3.05) is 0 Å². The van der Waals surface area contributed by atoms with Crippen LogP contribution in [0.2, 0.25) is 0 Å². The molecule has 0 aliphatic carbocycles. The Morgan fingerprint density at radius 1 is 1.32 bits per heavy atom. The van der Waals surface area contributed by atoms with Gasteiger partial charge in [-0.3, -0.25) is 0 Å². The van der Waals surface area contributed by atoms with E-state index in [9.17, 15) is 18.3 Å². The number of aromatic nitrogens is 2. The maximum Gasteiger partial charge on any atom is 0.389 e. The van der Waals surface area contributed by atoms with Crippen molar-refractivity contribution >= 4 is 15.9 Å². The lowest BCUT2D eigenvalue weighted by atomic mass is 10.2. The van der Waals surface area contributed by atoms with Crippen LogP contribution in [0.25, 0.3) is 11.5 Å². The van der Waals surface area contributed by atoms with Gasteiger partial charge in [-0.25, -0.2) is 0 Å². The zero-order chi connectivity index (χ0) is 14.0. The molecular weight excluding hydrogens is 329 g/mol. The van der Waals surface area contributed by atoms with Crippen LogP contribution < -0.4 is 0 Å². The number of aryl methyl sites for hydroxylation is 1. The highest BCUT2D eigenvalue weighted by atomic mass is 79.9. The number of hydrogen-bond donors (Lipinski definition) is 1. The van der Waals surface area contributed by atoms with Gasteiger partial charge in [-0.05, 0) is 18.2 Å². The van der Waals surface area contributed by atoms with E-state index in [0.29, 0.717) is 4.47 Å². The molecule has 0 atom stereocenters. The van der Waals surface area contributed by atoms with Crippen LogP contribution >= 0.6 is 15.9 Å². The SMILES string of the molecule is Oc1cc(Br)ccc1-c1nc(CCC(F)(F)F)no1. The minimum Gasteiger partial charge on any atom is -0.507 e. The number of halogens is 4. The number of rotatable bonds is 3. The van der Waals surface area contributed by atoms with Crippen LogP contribution in [-0.2, 0) is 6.42 Å². The van der Waals surface area contributed by atoms with E-state index in [-0.39, 0.29) is 29.4 Å². The Hall–Kier alpha value is -1.57. The van der Waals surface area contributed by atoms with Gasteiger partial charge in [-0.15, -0.1) is 0 Å². The molecule has 2 rings (SSSR count). The van der Waals surface area contributed by atoms with Gasteiger partial charge in [-0.2, -0.15) is 18.2 Å². The quantitative estimate of drug-likeness (QED) is 0.928. The van der Waals surface area contributed by atoms with E-state index in [2.05, 4.69) is 26.1 Å². The van der Waals surface area contributed by atoms with E-state index in [1.165, 1.54) is 12.1 Å². The molecule has 1 aromatic carbocycles. The highest BCUT2D eigenvalue weighted by Gasteiger charge is 2.27. The van der Waals surface area contributed by atoms with Crippen molar-refractivity contribution in [3.8, 4) is 17.2 Å². The predicted octanol–water partition coefficient (Wildman–Crippen LogP) is 3.70. The van der Waals surface area contributed by atoms with Crippen LogP contribution in [-0.4, -0.2) is 21.4 Å². The van der Waals surface area contributed by atoms with Crippen molar-refractivity contribution in [3.05, 3.63) is 28.5 Å². The Morgan fingerprint density at radius 3 is 2.68 bits per heavy atom. The third-order valence-electron chi connectivity index (χ3n) is 2.29. The fraction of sp³-hybridized carbons (Fsp3) is 0.273. The molecule has 0 saturated carbocycles. The highest BCUT2D eigenvalue weighted by Crippen LogP contribution is 2.30. The summed E-state index contributed by atoms with van der Waals surface area (Å²) in [7, 11) is 0. The molecule has 19 heavy (non-hydrogen) atoms. The van der Waals surface area contributed by atoms with Gasteiger partial charge in [0.05, 0.1) is 12.0 Å². The van der Waals surface area contributed by atoms with Gasteiger partial charge in [-0.1, -0.05) is 21.1 Å². The van der Waals surface area contributed by atoms with Gasteiger partial charge in [0.2, 0.25) is 0 Å². The van der Waals surface area contributed by atoms with Gasteiger partial charge in [0, 0.05) is 10.9 Å². The second-order valence-electron chi connectivity index (χ2n) is 3.79. The van der Waals surface area contributed by atoms with E-state index in [1.54, 1.807) is 6.07 Å². The molecule has 8 heteroatoms. The second kappa shape index (κ2) is 5.20. The lowest BCUT2D eigenvalue weighted by molar-refractivity contribution is -0.134. The summed E-state index contributed by atoms with van der Waals surface area (Å²) in [5, 5.41) is 13.1. The molecule has 0 bridgehead atoms. The first-order valence-corrected chi connectivity index (χ1v) is 6.03. The molecule has 0 amide bonds. The van der Waals surface area contributed by atoms with Gasteiger partial charge >= 0.3 is 6.18 Å². The molecule has 102 valence electrons. The fourth-order valence-electron chi connectivity index (χ4n) is 1.40. The van der Waals surface area contributed by atoms with Crippen molar-refractivity contribution < 1.29 is 22.8 Å². The summed E-state index contributed by atoms with van der Waals surface area (Å²) < 4.78 is 41.6. The molecule has 1 heterocycles. The number of alkyl halides is 3. The summed E-state index contributed by atoms with van der Waals surface area (Å²) in [4.78, 5) is 3.82. The Bertz CT molecular complexity index is 584. The average molecular weight is 337 g/mol. The van der Waals surface area contributed by atoms with Crippen LogP contribution in [0.5, 0.6) is 5.75 Å². The van der Waals surface area contributed by atoms with Crippen LogP contribution in [0.3, 0.4) is 0 Å². The standard InChI is InChI=1S/C11H8BrF3N2O2/c12-6-1-2-7(8(18)5-6)10-16-9(17-19-10)3-4-11(13,14)15/h1-2,5,18H,3-4H2. The molecule has 1 aromatic heterocycles. The van der Waals surface area contributed by atoms with Gasteiger partial charge < -0.3 is 9.63 Å². The number of hydrogen-bond acceptors (Lipinski definition) is 4. The fourth-order valence-corrected chi connectivity index (χ4v) is 1.75. The predicted molar refractivity (Wildman–Crippen MR) is 63.5 cm³/mol. The molecule has 1 N–H and O–H groups in total. The monoisotopic (exact) mass is 336 g/mol. The molecule has 0 radical (unpaired) electrons. The molecule has 0 saturated heterocycles. The van der Waals surface area contributed by atoms with E-state index < -0.39 is 12.6 Å². The largest absolute Gasteiger partial charge is 0.507 e. The van der Waals surface area contributed by atoms with E-state index >= 15 is 0 Å². The maximum atomic E-state index is 12.0. The molecule has 0 aliphatic rings. The van der Waals surface area contributed by atoms with Crippen LogP contribution in [0.1, 0.15) is 12.2 Å². The third-order valence-corrected chi connectivity index (χ3v) is 2.78. The summed E-state index contributed by atoms with van der Waals surface area (Å²) in [6.45, 7) is 0. The first-order valence-electron chi connectivity index (χ1n) is 5.23. The van der Waals surface area contributed by atoms with Crippen LogP contribution in [0.15, 0.2) is 27.2 Å². The lowest BCUT2D eigenvalue weighted by Gasteiger charge is -2.02. The molecule has 4 nitrogen and oxygen atoms in total. The van der Waals surface area contributed by atoms with E-state index in [1.807, 2.05) is 0 Å². The minimum atomic E-state index is -4.26. The normalized spacial score (nSPS) is 11.8. The number of phenolic OH excluding ortho intramolecular Hbond substituents is 1. The summed E-state index contributed by atoms with van der Waals surface area (Å²) in [6, 6.07) is 4.60. The molecule has 0 aliphatic heterocycles. The summed E-state index contributed by atoms with van der Waals surface area (Å²) in [5.41, 5.74) is 0.272. The number of nitrogens with zero attached hydrogens (tertiary/aromatic N) is 2. The van der Waals surface area contributed by atoms with Crippen molar-refractivity contribution in [3.63, 3.8) is 0 Å². The highest BCUT2D eigenvalue weighted by molar-refractivity contribution is 9.10. The zero-order valence-corrected chi connectivity index (χ0v) is 11.0. The van der Waals surface area contributed by atoms with Crippen LogP contribution in [0.4, 0.5) is 13.2 Å². The van der Waals surface area contributed by atoms with Crippen molar-refractivity contribution in [2.45, 2.75) is 19.0 Å². The number of aromatic hydroxyl groups is 1. The first kappa shape index (κ1) is 13.9. The Balaban J connectivity index is 2.16. The Kier molecular flexibility index (Phi) is 3.79. The minimum absolute atomic E-state index is 0.0119. The van der Waals surface area contributed by atoms with E-state index in [4.69, 9.17) is 4.52 Å². The molecular formula is C11H8BrF3N2O2. The number of phenols is 1. The third kappa shape index (κ3) is 3.69. The summed E-state index contributed by atoms with van der Waals surface area (Å²) in [6.07, 6.45) is -5.64. The van der Waals surface area contributed by atoms with Gasteiger partial charge in [0.15, 0.2) is 5.82 Å². The molecule has 0 spiro atoms. The second-order valence-corrected chi connectivity index (χ2v) is 4.71. The van der Waals surface area contributed by atoms with Crippen molar-refractivity contribution in [1.29, 1.82) is 0 Å². The van der Waals surface area contributed by atoms with Crippen molar-refractivity contribution in [2.24, 2.45) is 0 Å². The summed E-state index contributed by atoms with van der Waals surface area (Å²) >= 11 is 3.17. The van der Waals surface area contributed by atoms with Gasteiger partial charge in [0.25, 0.3) is 5.89 Å². The van der Waals surface area contributed by atoms with E-state index in [0.717, 1.165) is 0 Å². The maximum absolute atomic E-state index is 12.0. The van der Waals surface area contributed by atoms with Crippen LogP contribution in [0, 0.1) is 0 Å². The Labute approximate surface area is 114 Å². The smallest absolute Gasteiger partial charge is 0.389 e. The Morgan fingerprint density at radius 2 is 2.05 bits per heavy atom. The molecule has 0 fully saturated rings. The molecule has 2 aromatic rings. The topological polar surface area (TPSA) is 59.2 Å². The molecule has 0 unspecified atom stereocenters. The number of benzene rings is 1.